The summed E-state index contributed by atoms with van der Waals surface area (Å²) in [6.07, 6.45) is 4.12. The molecule has 0 aliphatic heterocycles. The molecule has 0 spiro atoms. The molecule has 2 heterocycles. The number of aromatic nitrogens is 2. The largest absolute Gasteiger partial charge is 0.298 e. The fourth-order valence-electron chi connectivity index (χ4n) is 1.82. The van der Waals surface area contributed by atoms with E-state index in [0.717, 1.165) is 28.1 Å². The molecule has 3 aromatic rings. The van der Waals surface area contributed by atoms with E-state index in [4.69, 9.17) is 0 Å². The number of benzene rings is 1. The van der Waals surface area contributed by atoms with E-state index in [1.54, 1.807) is 12.4 Å². The van der Waals surface area contributed by atoms with Crippen molar-refractivity contribution in [2.75, 3.05) is 0 Å². The Hall–Kier alpha value is -2.29. The first kappa shape index (κ1) is 8.97. The first-order valence-corrected chi connectivity index (χ1v) is 4.97. The van der Waals surface area contributed by atoms with E-state index in [-0.39, 0.29) is 0 Å². The molecule has 0 bridgehead atoms. The van der Waals surface area contributed by atoms with Gasteiger partial charge in [0, 0.05) is 28.7 Å². The molecule has 3 nitrogen and oxygen atoms in total. The van der Waals surface area contributed by atoms with Crippen molar-refractivity contribution >= 4 is 28.1 Å². The van der Waals surface area contributed by atoms with Gasteiger partial charge in [0.25, 0.3) is 0 Å². The lowest BCUT2D eigenvalue weighted by Gasteiger charge is -2.02. The monoisotopic (exact) mass is 208 g/mol. The third kappa shape index (κ3) is 1.26. The zero-order chi connectivity index (χ0) is 11.0. The fraction of sp³-hybridized carbons (Fsp3) is 0. The second-order valence-corrected chi connectivity index (χ2v) is 3.59. The average molecular weight is 208 g/mol. The van der Waals surface area contributed by atoms with Gasteiger partial charge in [-0.15, -0.1) is 0 Å². The smallest absolute Gasteiger partial charge is 0.151 e. The average Bonchev–Trinajstić information content (AvgIpc) is 2.38. The van der Waals surface area contributed by atoms with Gasteiger partial charge in [-0.3, -0.25) is 14.8 Å². The SMILES string of the molecule is O=Cc1cnc2ccc3cccnc3c2c1. The number of pyridine rings is 2. The highest BCUT2D eigenvalue weighted by atomic mass is 16.1. The number of rotatable bonds is 1. The maximum absolute atomic E-state index is 10.7. The van der Waals surface area contributed by atoms with Crippen LogP contribution in [0.25, 0.3) is 21.8 Å². The van der Waals surface area contributed by atoms with Gasteiger partial charge in [0.1, 0.15) is 0 Å². The van der Waals surface area contributed by atoms with Crippen LogP contribution in [-0.4, -0.2) is 16.3 Å². The molecule has 0 aliphatic carbocycles. The molecule has 0 aliphatic rings. The number of fused-ring (bicyclic) bond motifs is 3. The number of hydrogen-bond acceptors (Lipinski definition) is 3. The number of carbonyl (C=O) groups is 1. The summed E-state index contributed by atoms with van der Waals surface area (Å²) in [5, 5.41) is 1.97. The van der Waals surface area contributed by atoms with Crippen molar-refractivity contribution in [3.05, 3.63) is 48.3 Å². The Balaban J connectivity index is 2.52. The molecule has 76 valence electrons. The van der Waals surface area contributed by atoms with Crippen LogP contribution in [0.2, 0.25) is 0 Å². The van der Waals surface area contributed by atoms with Crippen LogP contribution in [-0.2, 0) is 0 Å². The van der Waals surface area contributed by atoms with E-state index in [9.17, 15) is 4.79 Å². The van der Waals surface area contributed by atoms with E-state index < -0.39 is 0 Å². The Bertz CT molecular complexity index is 692. The van der Waals surface area contributed by atoms with E-state index in [2.05, 4.69) is 9.97 Å². The van der Waals surface area contributed by atoms with Crippen molar-refractivity contribution < 1.29 is 4.79 Å². The number of aldehydes is 1. The highest BCUT2D eigenvalue weighted by Crippen LogP contribution is 2.22. The van der Waals surface area contributed by atoms with E-state index in [1.807, 2.05) is 30.3 Å². The van der Waals surface area contributed by atoms with Gasteiger partial charge in [-0.05, 0) is 18.2 Å². The summed E-state index contributed by atoms with van der Waals surface area (Å²) in [6.45, 7) is 0. The molecular weight excluding hydrogens is 200 g/mol. The Labute approximate surface area is 91.8 Å². The molecular formula is C13H8N2O. The molecule has 0 unspecified atom stereocenters. The maximum atomic E-state index is 10.7. The molecule has 0 saturated carbocycles. The standard InChI is InChI=1S/C13H8N2O/c16-8-9-6-11-12(15-7-9)4-3-10-2-1-5-14-13(10)11/h1-8H. The van der Waals surface area contributed by atoms with Gasteiger partial charge in [-0.2, -0.15) is 0 Å². The summed E-state index contributed by atoms with van der Waals surface area (Å²) in [6, 6.07) is 9.64. The zero-order valence-corrected chi connectivity index (χ0v) is 8.42. The van der Waals surface area contributed by atoms with E-state index in [0.29, 0.717) is 5.56 Å². The molecule has 1 aromatic carbocycles. The van der Waals surface area contributed by atoms with Gasteiger partial charge in [0.2, 0.25) is 0 Å². The van der Waals surface area contributed by atoms with E-state index in [1.165, 1.54) is 0 Å². The zero-order valence-electron chi connectivity index (χ0n) is 8.42. The molecule has 3 heteroatoms. The van der Waals surface area contributed by atoms with Gasteiger partial charge in [0.15, 0.2) is 6.29 Å². The minimum atomic E-state index is 0.575. The lowest BCUT2D eigenvalue weighted by atomic mass is 10.1. The summed E-state index contributed by atoms with van der Waals surface area (Å²) in [5.74, 6) is 0. The molecule has 0 amide bonds. The van der Waals surface area contributed by atoms with Gasteiger partial charge < -0.3 is 0 Å². The van der Waals surface area contributed by atoms with Crippen LogP contribution in [0.1, 0.15) is 10.4 Å². The lowest BCUT2D eigenvalue weighted by Crippen LogP contribution is -1.87. The topological polar surface area (TPSA) is 42.9 Å². The molecule has 2 aromatic heterocycles. The minimum absolute atomic E-state index is 0.575. The van der Waals surface area contributed by atoms with Gasteiger partial charge in [-0.25, -0.2) is 0 Å². The normalized spacial score (nSPS) is 10.8. The van der Waals surface area contributed by atoms with Crippen molar-refractivity contribution in [1.29, 1.82) is 0 Å². The number of hydrogen-bond donors (Lipinski definition) is 0. The fourth-order valence-corrected chi connectivity index (χ4v) is 1.82. The van der Waals surface area contributed by atoms with Crippen molar-refractivity contribution in [2.45, 2.75) is 0 Å². The Morgan fingerprint density at radius 1 is 1.12 bits per heavy atom. The van der Waals surface area contributed by atoms with Crippen molar-refractivity contribution in [3.8, 4) is 0 Å². The molecule has 3 rings (SSSR count). The van der Waals surface area contributed by atoms with Crippen molar-refractivity contribution in [2.24, 2.45) is 0 Å². The van der Waals surface area contributed by atoms with Crippen LogP contribution < -0.4 is 0 Å². The second kappa shape index (κ2) is 3.38. The van der Waals surface area contributed by atoms with Crippen molar-refractivity contribution in [3.63, 3.8) is 0 Å². The first-order chi connectivity index (χ1) is 7.88. The van der Waals surface area contributed by atoms with Gasteiger partial charge >= 0.3 is 0 Å². The predicted octanol–water partition coefficient (Wildman–Crippen LogP) is 2.60. The third-order valence-electron chi connectivity index (χ3n) is 2.59. The molecule has 0 radical (unpaired) electrons. The Morgan fingerprint density at radius 3 is 2.94 bits per heavy atom. The van der Waals surface area contributed by atoms with Crippen LogP contribution >= 0.6 is 0 Å². The molecule has 0 atom stereocenters. The summed E-state index contributed by atoms with van der Waals surface area (Å²) in [5.41, 5.74) is 2.32. The highest BCUT2D eigenvalue weighted by molar-refractivity contribution is 6.04. The summed E-state index contributed by atoms with van der Waals surface area (Å²) in [4.78, 5) is 19.3. The molecule has 0 N–H and O–H groups in total. The first-order valence-electron chi connectivity index (χ1n) is 4.97. The highest BCUT2D eigenvalue weighted by Gasteiger charge is 2.02. The van der Waals surface area contributed by atoms with Crippen LogP contribution in [0, 0.1) is 0 Å². The van der Waals surface area contributed by atoms with Crippen LogP contribution in [0.4, 0.5) is 0 Å². The van der Waals surface area contributed by atoms with Crippen LogP contribution in [0.3, 0.4) is 0 Å². The van der Waals surface area contributed by atoms with Gasteiger partial charge in [-0.1, -0.05) is 12.1 Å². The predicted molar refractivity (Wildman–Crippen MR) is 62.4 cm³/mol. The van der Waals surface area contributed by atoms with Crippen molar-refractivity contribution in [1.82, 2.24) is 9.97 Å². The number of carbonyl (C=O) groups excluding carboxylic acids is 1. The van der Waals surface area contributed by atoms with Crippen LogP contribution in [0.5, 0.6) is 0 Å². The number of nitrogens with zero attached hydrogens (tertiary/aromatic N) is 2. The lowest BCUT2D eigenvalue weighted by molar-refractivity contribution is 0.112. The van der Waals surface area contributed by atoms with E-state index >= 15 is 0 Å². The minimum Gasteiger partial charge on any atom is -0.298 e. The second-order valence-electron chi connectivity index (χ2n) is 3.59. The van der Waals surface area contributed by atoms with Gasteiger partial charge in [0.05, 0.1) is 11.0 Å². The van der Waals surface area contributed by atoms with Crippen LogP contribution in [0.15, 0.2) is 42.7 Å². The summed E-state index contributed by atoms with van der Waals surface area (Å²) < 4.78 is 0. The summed E-state index contributed by atoms with van der Waals surface area (Å²) in [7, 11) is 0. The molecule has 16 heavy (non-hydrogen) atoms. The Kier molecular flexibility index (Phi) is 1.90. The third-order valence-corrected chi connectivity index (χ3v) is 2.59. The quantitative estimate of drug-likeness (QED) is 0.456. The molecule has 0 saturated heterocycles. The Morgan fingerprint density at radius 2 is 2.06 bits per heavy atom. The molecule has 0 fully saturated rings. The summed E-state index contributed by atoms with van der Waals surface area (Å²) >= 11 is 0. The maximum Gasteiger partial charge on any atom is 0.151 e.